The van der Waals surface area contributed by atoms with Gasteiger partial charge in [-0.05, 0) is 64.0 Å². The van der Waals surface area contributed by atoms with Gasteiger partial charge in [0.15, 0.2) is 5.67 Å². The number of carbonyl (C=O) groups excluding carboxylic acids is 4. The van der Waals surface area contributed by atoms with Gasteiger partial charge in [0.2, 0.25) is 11.8 Å². The lowest BCUT2D eigenvalue weighted by Gasteiger charge is -2.35. The van der Waals surface area contributed by atoms with E-state index in [1.807, 2.05) is 45.9 Å². The molecule has 1 saturated carbocycles. The molecular formula is C34H47FN4O7S. The molecule has 2 aliphatic rings. The molecule has 2 heterocycles. The molecule has 13 heteroatoms. The molecule has 47 heavy (non-hydrogen) atoms. The number of nitrogens with zero attached hydrogens (tertiary/aromatic N) is 2. The van der Waals surface area contributed by atoms with E-state index >= 15 is 0 Å². The number of halogens is 1. The van der Waals surface area contributed by atoms with Crippen LogP contribution in [0, 0.1) is 12.3 Å². The minimum absolute atomic E-state index is 0.0209. The molecule has 258 valence electrons. The third-order valence-electron chi connectivity index (χ3n) is 8.08. The standard InChI is InChI=1S/C34H47FN4O7S/c1-20-27(47-19-37-20)21-10-11-22(25(15-21)45-14-8-9-26(41)46-33(5,6)7)17-36-29(42)24-16-23(40)18-39(24)30(43)28(32(2,3)4)38-31(44)34(35)12-13-34/h10-11,15,19,23-24,28,40H,8-9,12-14,16-18H2,1-7H3,(H,36,42)(H,38,44)/t23-,24+,28-/m1/s1. The van der Waals surface area contributed by atoms with E-state index in [1.165, 1.54) is 16.2 Å². The Balaban J connectivity index is 1.46. The molecule has 0 bridgehead atoms. The molecule has 1 aromatic heterocycles. The highest BCUT2D eigenvalue weighted by molar-refractivity contribution is 7.13. The molecule has 0 radical (unpaired) electrons. The van der Waals surface area contributed by atoms with Crippen molar-refractivity contribution in [3.8, 4) is 16.2 Å². The van der Waals surface area contributed by atoms with Crippen LogP contribution in [0.3, 0.4) is 0 Å². The first-order valence-corrected chi connectivity index (χ1v) is 16.9. The Hall–Kier alpha value is -3.58. The van der Waals surface area contributed by atoms with Crippen LogP contribution < -0.4 is 15.4 Å². The Morgan fingerprint density at radius 1 is 1.17 bits per heavy atom. The highest BCUT2D eigenvalue weighted by atomic mass is 32.1. The van der Waals surface area contributed by atoms with Crippen LogP contribution in [0.15, 0.2) is 23.7 Å². The summed E-state index contributed by atoms with van der Waals surface area (Å²) in [7, 11) is 0. The molecule has 2 aromatic rings. The maximum atomic E-state index is 14.5. The maximum absolute atomic E-state index is 14.5. The normalized spacial score (nSPS) is 19.6. The van der Waals surface area contributed by atoms with Gasteiger partial charge < -0.3 is 30.1 Å². The molecule has 1 aliphatic carbocycles. The molecule has 0 unspecified atom stereocenters. The second-order valence-electron chi connectivity index (χ2n) is 14.5. The Kier molecular flexibility index (Phi) is 11.0. The number of rotatable bonds is 12. The van der Waals surface area contributed by atoms with Crippen LogP contribution in [0.2, 0.25) is 0 Å². The smallest absolute Gasteiger partial charge is 0.306 e. The lowest BCUT2D eigenvalue weighted by atomic mass is 9.85. The number of ether oxygens (including phenoxy) is 2. The maximum Gasteiger partial charge on any atom is 0.306 e. The number of esters is 1. The molecule has 1 aromatic carbocycles. The Morgan fingerprint density at radius 2 is 1.87 bits per heavy atom. The number of benzene rings is 1. The highest BCUT2D eigenvalue weighted by Crippen LogP contribution is 2.40. The highest BCUT2D eigenvalue weighted by Gasteiger charge is 2.53. The third-order valence-corrected chi connectivity index (χ3v) is 9.06. The fourth-order valence-corrected chi connectivity index (χ4v) is 6.17. The van der Waals surface area contributed by atoms with Crippen molar-refractivity contribution in [3.05, 3.63) is 35.0 Å². The SMILES string of the molecule is Cc1ncsc1-c1ccc(CNC(=O)[C@@H]2C[C@@H](O)CN2C(=O)[C@@H](NC(=O)C2(F)CC2)C(C)(C)C)c(OCCCC(=O)OC(C)(C)C)c1. The monoisotopic (exact) mass is 674 g/mol. The van der Waals surface area contributed by atoms with Gasteiger partial charge in [-0.2, -0.15) is 0 Å². The number of carbonyl (C=O) groups is 4. The van der Waals surface area contributed by atoms with E-state index in [0.717, 1.165) is 16.1 Å². The number of alkyl halides is 1. The van der Waals surface area contributed by atoms with Crippen LogP contribution >= 0.6 is 11.3 Å². The molecule has 11 nitrogen and oxygen atoms in total. The Morgan fingerprint density at radius 3 is 2.47 bits per heavy atom. The number of nitrogens with one attached hydrogen (secondary N) is 2. The van der Waals surface area contributed by atoms with Crippen LogP contribution in [0.25, 0.3) is 10.4 Å². The van der Waals surface area contributed by atoms with Gasteiger partial charge in [-0.25, -0.2) is 9.37 Å². The zero-order valence-corrected chi connectivity index (χ0v) is 29.1. The van der Waals surface area contributed by atoms with Crippen molar-refractivity contribution < 1.29 is 38.1 Å². The van der Waals surface area contributed by atoms with E-state index in [0.29, 0.717) is 17.7 Å². The van der Waals surface area contributed by atoms with Gasteiger partial charge in [-0.1, -0.05) is 32.9 Å². The summed E-state index contributed by atoms with van der Waals surface area (Å²) >= 11 is 1.50. The van der Waals surface area contributed by atoms with Gasteiger partial charge in [0.25, 0.3) is 5.91 Å². The van der Waals surface area contributed by atoms with Crippen LogP contribution in [0.4, 0.5) is 4.39 Å². The number of aliphatic hydroxyl groups excluding tert-OH is 1. The van der Waals surface area contributed by atoms with E-state index in [2.05, 4.69) is 15.6 Å². The second-order valence-corrected chi connectivity index (χ2v) is 15.3. The van der Waals surface area contributed by atoms with E-state index in [-0.39, 0.29) is 51.3 Å². The lowest BCUT2D eigenvalue weighted by molar-refractivity contribution is -0.155. The van der Waals surface area contributed by atoms with Gasteiger partial charge in [0, 0.05) is 31.5 Å². The van der Waals surface area contributed by atoms with Crippen LogP contribution in [-0.4, -0.2) is 81.3 Å². The van der Waals surface area contributed by atoms with Crippen LogP contribution in [0.1, 0.15) is 84.9 Å². The van der Waals surface area contributed by atoms with E-state index in [4.69, 9.17) is 9.47 Å². The van der Waals surface area contributed by atoms with Crippen LogP contribution in [-0.2, 0) is 30.5 Å². The number of aromatic nitrogens is 1. The summed E-state index contributed by atoms with van der Waals surface area (Å²) in [4.78, 5) is 58.6. The first kappa shape index (κ1) is 36.3. The summed E-state index contributed by atoms with van der Waals surface area (Å²) in [5.41, 5.74) is 0.898. The molecule has 3 amide bonds. The van der Waals surface area contributed by atoms with Crippen molar-refractivity contribution in [2.45, 2.75) is 117 Å². The van der Waals surface area contributed by atoms with Gasteiger partial charge >= 0.3 is 5.97 Å². The van der Waals surface area contributed by atoms with Crippen LogP contribution in [0.5, 0.6) is 5.75 Å². The predicted octanol–water partition coefficient (Wildman–Crippen LogP) is 4.23. The fourth-order valence-electron chi connectivity index (χ4n) is 5.36. The minimum atomic E-state index is -1.96. The van der Waals surface area contributed by atoms with E-state index < -0.39 is 52.6 Å². The summed E-state index contributed by atoms with van der Waals surface area (Å²) in [6.07, 6.45) is -0.0841. The average molecular weight is 675 g/mol. The van der Waals surface area contributed by atoms with Gasteiger partial charge in [0.1, 0.15) is 23.4 Å². The van der Waals surface area contributed by atoms with Crippen molar-refractivity contribution in [1.29, 1.82) is 0 Å². The number of thiazole rings is 1. The minimum Gasteiger partial charge on any atom is -0.493 e. The summed E-state index contributed by atoms with van der Waals surface area (Å²) < 4.78 is 26.0. The largest absolute Gasteiger partial charge is 0.493 e. The summed E-state index contributed by atoms with van der Waals surface area (Å²) in [6, 6.07) is 3.56. The van der Waals surface area contributed by atoms with Gasteiger partial charge in [-0.3, -0.25) is 19.2 Å². The topological polar surface area (TPSA) is 147 Å². The molecular weight excluding hydrogens is 627 g/mol. The first-order valence-electron chi connectivity index (χ1n) is 16.0. The van der Waals surface area contributed by atoms with Crippen molar-refractivity contribution in [2.75, 3.05) is 13.2 Å². The average Bonchev–Trinajstić information content (AvgIpc) is 3.38. The number of aryl methyl sites for hydroxylation is 1. The molecule has 2 fully saturated rings. The Labute approximate surface area is 279 Å². The summed E-state index contributed by atoms with van der Waals surface area (Å²) in [5, 5.41) is 15.9. The molecule has 4 rings (SSSR count). The summed E-state index contributed by atoms with van der Waals surface area (Å²) in [6.45, 7) is 12.8. The molecule has 3 atom stereocenters. The molecule has 1 aliphatic heterocycles. The van der Waals surface area contributed by atoms with E-state index in [1.54, 1.807) is 26.3 Å². The van der Waals surface area contributed by atoms with Gasteiger partial charge in [-0.15, -0.1) is 11.3 Å². The molecule has 0 spiro atoms. The van der Waals surface area contributed by atoms with Crippen molar-refractivity contribution in [1.82, 2.24) is 20.5 Å². The summed E-state index contributed by atoms with van der Waals surface area (Å²) in [5.74, 6) is -1.65. The number of amides is 3. The number of hydrogen-bond donors (Lipinski definition) is 3. The number of hydrogen-bond acceptors (Lipinski definition) is 9. The zero-order chi connectivity index (χ0) is 34.7. The number of β-amino-alcohol motifs (C(OH)–C–C–N with tert-alkyl or cyclic N) is 1. The van der Waals surface area contributed by atoms with E-state index in [9.17, 15) is 28.7 Å². The quantitative estimate of drug-likeness (QED) is 0.224. The fraction of sp³-hybridized carbons (Fsp3) is 0.618. The van der Waals surface area contributed by atoms with Crippen molar-refractivity contribution in [3.63, 3.8) is 0 Å². The first-order chi connectivity index (χ1) is 21.9. The number of aliphatic hydroxyl groups is 1. The Bertz CT molecular complexity index is 1480. The van der Waals surface area contributed by atoms with Crippen molar-refractivity contribution >= 4 is 35.0 Å². The second kappa shape index (κ2) is 14.3. The van der Waals surface area contributed by atoms with Gasteiger partial charge in [0.05, 0.1) is 28.8 Å². The zero-order valence-electron chi connectivity index (χ0n) is 28.3. The van der Waals surface area contributed by atoms with Crippen molar-refractivity contribution in [2.24, 2.45) is 5.41 Å². The molecule has 1 saturated heterocycles. The lowest BCUT2D eigenvalue weighted by Crippen LogP contribution is -2.59. The molecule has 3 N–H and O–H groups in total. The predicted molar refractivity (Wildman–Crippen MR) is 175 cm³/mol. The third kappa shape index (κ3) is 9.50. The number of likely N-dealkylation sites (tertiary alicyclic amines) is 1.